The van der Waals surface area contributed by atoms with Crippen LogP contribution in [0.25, 0.3) is 0 Å². The van der Waals surface area contributed by atoms with E-state index >= 15 is 0 Å². The highest BCUT2D eigenvalue weighted by molar-refractivity contribution is 5.98. The molecular weight excluding hydrogens is 312 g/mol. The van der Waals surface area contributed by atoms with E-state index in [1.54, 1.807) is 29.4 Å². The molecule has 0 radical (unpaired) electrons. The SMILES string of the molecule is CCn1cnnc1C1CN(C(=O)c2cccc3c2OCO3)CCO1. The maximum Gasteiger partial charge on any atom is 0.257 e. The van der Waals surface area contributed by atoms with Crippen molar-refractivity contribution in [2.24, 2.45) is 0 Å². The van der Waals surface area contributed by atoms with E-state index in [0.29, 0.717) is 36.8 Å². The summed E-state index contributed by atoms with van der Waals surface area (Å²) < 4.78 is 18.5. The lowest BCUT2D eigenvalue weighted by Gasteiger charge is -2.32. The molecule has 0 bridgehead atoms. The molecule has 1 fully saturated rings. The maximum atomic E-state index is 12.9. The normalized spacial score (nSPS) is 19.5. The molecule has 8 nitrogen and oxygen atoms in total. The highest BCUT2D eigenvalue weighted by atomic mass is 16.7. The Kier molecular flexibility index (Phi) is 3.81. The molecule has 2 aromatic rings. The van der Waals surface area contributed by atoms with Crippen molar-refractivity contribution in [2.75, 3.05) is 26.5 Å². The Labute approximate surface area is 138 Å². The van der Waals surface area contributed by atoms with Crippen molar-refractivity contribution >= 4 is 5.91 Å². The quantitative estimate of drug-likeness (QED) is 0.842. The minimum Gasteiger partial charge on any atom is -0.454 e. The molecule has 3 heterocycles. The molecule has 1 unspecified atom stereocenters. The number of morpholine rings is 1. The van der Waals surface area contributed by atoms with Gasteiger partial charge in [-0.05, 0) is 19.1 Å². The lowest BCUT2D eigenvalue weighted by Crippen LogP contribution is -2.43. The predicted molar refractivity (Wildman–Crippen MR) is 82.9 cm³/mol. The Bertz CT molecular complexity index is 760. The van der Waals surface area contributed by atoms with Crippen molar-refractivity contribution in [1.82, 2.24) is 19.7 Å². The summed E-state index contributed by atoms with van der Waals surface area (Å²) in [5, 5.41) is 8.08. The number of fused-ring (bicyclic) bond motifs is 1. The van der Waals surface area contributed by atoms with Crippen LogP contribution in [-0.2, 0) is 11.3 Å². The summed E-state index contributed by atoms with van der Waals surface area (Å²) in [7, 11) is 0. The molecule has 1 saturated heterocycles. The Balaban J connectivity index is 1.56. The fourth-order valence-electron chi connectivity index (χ4n) is 3.02. The molecule has 1 atom stereocenters. The zero-order valence-corrected chi connectivity index (χ0v) is 13.3. The number of ether oxygens (including phenoxy) is 3. The van der Waals surface area contributed by atoms with E-state index in [4.69, 9.17) is 14.2 Å². The molecule has 0 saturated carbocycles. The smallest absolute Gasteiger partial charge is 0.257 e. The molecule has 0 aliphatic carbocycles. The van der Waals surface area contributed by atoms with E-state index in [1.165, 1.54) is 0 Å². The van der Waals surface area contributed by atoms with Crippen LogP contribution in [0.5, 0.6) is 11.5 Å². The van der Waals surface area contributed by atoms with Crippen molar-refractivity contribution in [1.29, 1.82) is 0 Å². The number of amides is 1. The molecule has 24 heavy (non-hydrogen) atoms. The van der Waals surface area contributed by atoms with E-state index in [9.17, 15) is 4.79 Å². The summed E-state index contributed by atoms with van der Waals surface area (Å²) in [5.41, 5.74) is 0.516. The number of rotatable bonds is 3. The topological polar surface area (TPSA) is 78.7 Å². The zero-order valence-electron chi connectivity index (χ0n) is 13.3. The minimum absolute atomic E-state index is 0.0896. The number of para-hydroxylation sites is 1. The van der Waals surface area contributed by atoms with Gasteiger partial charge in [0.2, 0.25) is 6.79 Å². The molecule has 4 rings (SSSR count). The first-order chi connectivity index (χ1) is 11.8. The van der Waals surface area contributed by atoms with Gasteiger partial charge in [0.25, 0.3) is 5.91 Å². The molecule has 2 aliphatic heterocycles. The van der Waals surface area contributed by atoms with Crippen LogP contribution in [0.4, 0.5) is 0 Å². The number of carbonyl (C=O) groups excluding carboxylic acids is 1. The maximum absolute atomic E-state index is 12.9. The van der Waals surface area contributed by atoms with Crippen LogP contribution >= 0.6 is 0 Å². The van der Waals surface area contributed by atoms with Crippen LogP contribution < -0.4 is 9.47 Å². The summed E-state index contributed by atoms with van der Waals surface area (Å²) in [5.74, 6) is 1.78. The summed E-state index contributed by atoms with van der Waals surface area (Å²) in [6, 6.07) is 5.35. The number of nitrogens with zero attached hydrogens (tertiary/aromatic N) is 4. The van der Waals surface area contributed by atoms with Gasteiger partial charge in [-0.3, -0.25) is 4.79 Å². The fraction of sp³-hybridized carbons (Fsp3) is 0.438. The van der Waals surface area contributed by atoms with Gasteiger partial charge in [0.05, 0.1) is 18.7 Å². The van der Waals surface area contributed by atoms with Gasteiger partial charge in [0, 0.05) is 13.1 Å². The monoisotopic (exact) mass is 330 g/mol. The number of hydrogen-bond donors (Lipinski definition) is 0. The third-order valence-electron chi connectivity index (χ3n) is 4.25. The van der Waals surface area contributed by atoms with Crippen molar-refractivity contribution in [2.45, 2.75) is 19.6 Å². The number of hydrogen-bond acceptors (Lipinski definition) is 6. The molecule has 2 aliphatic rings. The average Bonchev–Trinajstić information content (AvgIpc) is 3.29. The first kappa shape index (κ1) is 14.9. The lowest BCUT2D eigenvalue weighted by atomic mass is 10.1. The van der Waals surface area contributed by atoms with Crippen molar-refractivity contribution in [3.8, 4) is 11.5 Å². The predicted octanol–water partition coefficient (Wildman–Crippen LogP) is 1.24. The van der Waals surface area contributed by atoms with Crippen LogP contribution in [0.2, 0.25) is 0 Å². The number of benzene rings is 1. The summed E-state index contributed by atoms with van der Waals surface area (Å²) >= 11 is 0. The van der Waals surface area contributed by atoms with Crippen LogP contribution in [0.15, 0.2) is 24.5 Å². The molecule has 0 spiro atoms. The average molecular weight is 330 g/mol. The van der Waals surface area contributed by atoms with Crippen LogP contribution in [0.3, 0.4) is 0 Å². The van der Waals surface area contributed by atoms with Crippen molar-refractivity contribution in [3.05, 3.63) is 35.9 Å². The van der Waals surface area contributed by atoms with Gasteiger partial charge in [0.15, 0.2) is 17.3 Å². The molecule has 0 N–H and O–H groups in total. The van der Waals surface area contributed by atoms with E-state index < -0.39 is 0 Å². The molecular formula is C16H18N4O4. The van der Waals surface area contributed by atoms with E-state index in [-0.39, 0.29) is 18.8 Å². The fourth-order valence-corrected chi connectivity index (χ4v) is 3.02. The second kappa shape index (κ2) is 6.12. The molecule has 8 heteroatoms. The molecule has 1 aromatic carbocycles. The van der Waals surface area contributed by atoms with Gasteiger partial charge >= 0.3 is 0 Å². The largest absolute Gasteiger partial charge is 0.454 e. The third-order valence-corrected chi connectivity index (χ3v) is 4.25. The van der Waals surface area contributed by atoms with Crippen LogP contribution in [0.1, 0.15) is 29.2 Å². The second-order valence-electron chi connectivity index (χ2n) is 5.63. The lowest BCUT2D eigenvalue weighted by molar-refractivity contribution is -0.0284. The van der Waals surface area contributed by atoms with Gasteiger partial charge in [-0.1, -0.05) is 6.07 Å². The van der Waals surface area contributed by atoms with E-state index in [0.717, 1.165) is 12.4 Å². The second-order valence-corrected chi connectivity index (χ2v) is 5.63. The van der Waals surface area contributed by atoms with Gasteiger partial charge < -0.3 is 23.7 Å². The van der Waals surface area contributed by atoms with Gasteiger partial charge in [-0.25, -0.2) is 0 Å². The van der Waals surface area contributed by atoms with E-state index in [2.05, 4.69) is 10.2 Å². The van der Waals surface area contributed by atoms with Crippen LogP contribution in [-0.4, -0.2) is 52.1 Å². The third kappa shape index (κ3) is 2.48. The van der Waals surface area contributed by atoms with Crippen LogP contribution in [0, 0.1) is 0 Å². The molecule has 1 aromatic heterocycles. The van der Waals surface area contributed by atoms with Crippen molar-refractivity contribution < 1.29 is 19.0 Å². The summed E-state index contributed by atoms with van der Waals surface area (Å²) in [4.78, 5) is 14.7. The number of aromatic nitrogens is 3. The number of aryl methyl sites for hydroxylation is 1. The zero-order chi connectivity index (χ0) is 16.5. The molecule has 1 amide bonds. The first-order valence-electron chi connectivity index (χ1n) is 7.95. The Morgan fingerprint density at radius 3 is 3.17 bits per heavy atom. The Hall–Kier alpha value is -2.61. The highest BCUT2D eigenvalue weighted by Gasteiger charge is 2.31. The first-order valence-corrected chi connectivity index (χ1v) is 7.95. The van der Waals surface area contributed by atoms with E-state index in [1.807, 2.05) is 11.5 Å². The Morgan fingerprint density at radius 1 is 1.38 bits per heavy atom. The minimum atomic E-state index is -0.279. The highest BCUT2D eigenvalue weighted by Crippen LogP contribution is 2.36. The van der Waals surface area contributed by atoms with Gasteiger partial charge in [-0.2, -0.15) is 0 Å². The van der Waals surface area contributed by atoms with Gasteiger partial charge in [-0.15, -0.1) is 10.2 Å². The Morgan fingerprint density at radius 2 is 2.29 bits per heavy atom. The summed E-state index contributed by atoms with van der Waals surface area (Å²) in [6.45, 7) is 4.34. The standard InChI is InChI=1S/C16H18N4O4/c1-2-19-9-17-18-15(19)13-8-20(6-7-22-13)16(21)11-4-3-5-12-14(11)24-10-23-12/h3-5,9,13H,2,6-8,10H2,1H3. The van der Waals surface area contributed by atoms with Crippen molar-refractivity contribution in [3.63, 3.8) is 0 Å². The number of carbonyl (C=O) groups is 1. The van der Waals surface area contributed by atoms with Gasteiger partial charge in [0.1, 0.15) is 12.4 Å². The summed E-state index contributed by atoms with van der Waals surface area (Å²) in [6.07, 6.45) is 1.40. The molecule has 126 valence electrons.